The molecule has 2 rings (SSSR count). The van der Waals surface area contributed by atoms with Crippen LogP contribution in [0.4, 0.5) is 0 Å². The number of methoxy groups -OCH3 is 3. The third-order valence-corrected chi connectivity index (χ3v) is 4.27. The number of rotatable bonds is 5. The van der Waals surface area contributed by atoms with E-state index in [9.17, 15) is 4.79 Å². The molecule has 1 aromatic carbocycles. The third-order valence-electron chi connectivity index (χ3n) is 4.27. The van der Waals surface area contributed by atoms with Gasteiger partial charge in [0.2, 0.25) is 11.7 Å². The number of hydrogen-bond donors (Lipinski definition) is 0. The number of hydrogen-bond acceptors (Lipinski definition) is 4. The van der Waals surface area contributed by atoms with Gasteiger partial charge in [0.25, 0.3) is 0 Å². The standard InChI is InChI=1S/C19H27NO4/c1-22-16-13-15(14-17(23-2)19(16)24-3)9-10-18(21)20-11-7-5-4-6-8-12-20/h9-10,13-14H,4-8,11-12H2,1-3H3/b10-9-. The number of carbonyl (C=O) groups is 1. The molecule has 1 aromatic rings. The molecule has 24 heavy (non-hydrogen) atoms. The quantitative estimate of drug-likeness (QED) is 0.774. The van der Waals surface area contributed by atoms with Crippen molar-refractivity contribution < 1.29 is 19.0 Å². The molecule has 0 atom stereocenters. The van der Waals surface area contributed by atoms with Crippen molar-refractivity contribution in [2.45, 2.75) is 32.1 Å². The molecule has 1 heterocycles. The highest BCUT2D eigenvalue weighted by atomic mass is 16.5. The first-order valence-corrected chi connectivity index (χ1v) is 8.46. The van der Waals surface area contributed by atoms with Gasteiger partial charge in [-0.1, -0.05) is 19.3 Å². The minimum atomic E-state index is 0.0608. The van der Waals surface area contributed by atoms with Crippen molar-refractivity contribution in [1.29, 1.82) is 0 Å². The number of ether oxygens (including phenoxy) is 3. The minimum Gasteiger partial charge on any atom is -0.493 e. The van der Waals surface area contributed by atoms with Gasteiger partial charge in [-0.2, -0.15) is 0 Å². The second kappa shape index (κ2) is 9.21. The zero-order valence-electron chi connectivity index (χ0n) is 14.8. The molecule has 0 unspecified atom stereocenters. The zero-order chi connectivity index (χ0) is 17.4. The van der Waals surface area contributed by atoms with Crippen molar-refractivity contribution in [3.63, 3.8) is 0 Å². The fraction of sp³-hybridized carbons (Fsp3) is 0.526. The van der Waals surface area contributed by atoms with Crippen LogP contribution in [0.3, 0.4) is 0 Å². The summed E-state index contributed by atoms with van der Waals surface area (Å²) < 4.78 is 16.0. The Balaban J connectivity index is 2.13. The number of benzene rings is 1. The molecular formula is C19H27NO4. The Kier molecular flexibility index (Phi) is 6.97. The summed E-state index contributed by atoms with van der Waals surface area (Å²) in [6.07, 6.45) is 9.30. The minimum absolute atomic E-state index is 0.0608. The summed E-state index contributed by atoms with van der Waals surface area (Å²) in [5.74, 6) is 1.77. The molecular weight excluding hydrogens is 306 g/mol. The molecule has 1 aliphatic heterocycles. The van der Waals surface area contributed by atoms with Gasteiger partial charge in [-0.05, 0) is 36.6 Å². The lowest BCUT2D eigenvalue weighted by atomic mass is 10.1. The van der Waals surface area contributed by atoms with E-state index in [1.54, 1.807) is 33.5 Å². The fourth-order valence-electron chi connectivity index (χ4n) is 2.94. The fourth-order valence-corrected chi connectivity index (χ4v) is 2.94. The van der Waals surface area contributed by atoms with E-state index in [1.807, 2.05) is 17.0 Å². The van der Waals surface area contributed by atoms with E-state index >= 15 is 0 Å². The first kappa shape index (κ1) is 18.2. The predicted octanol–water partition coefficient (Wildman–Crippen LogP) is 3.52. The van der Waals surface area contributed by atoms with Crippen molar-refractivity contribution in [1.82, 2.24) is 4.90 Å². The molecule has 0 spiro atoms. The van der Waals surface area contributed by atoms with E-state index in [2.05, 4.69) is 0 Å². The topological polar surface area (TPSA) is 48.0 Å². The monoisotopic (exact) mass is 333 g/mol. The van der Waals surface area contributed by atoms with E-state index < -0.39 is 0 Å². The third kappa shape index (κ3) is 4.66. The van der Waals surface area contributed by atoms with Gasteiger partial charge in [0.15, 0.2) is 11.5 Å². The van der Waals surface area contributed by atoms with Gasteiger partial charge in [0.1, 0.15) is 0 Å². The number of likely N-dealkylation sites (tertiary alicyclic amines) is 1. The van der Waals surface area contributed by atoms with Crippen molar-refractivity contribution in [2.75, 3.05) is 34.4 Å². The molecule has 0 bridgehead atoms. The van der Waals surface area contributed by atoms with Gasteiger partial charge in [-0.25, -0.2) is 0 Å². The van der Waals surface area contributed by atoms with E-state index in [0.29, 0.717) is 17.2 Å². The number of amides is 1. The Morgan fingerprint density at radius 1 is 0.917 bits per heavy atom. The first-order chi connectivity index (χ1) is 11.7. The predicted molar refractivity (Wildman–Crippen MR) is 94.8 cm³/mol. The summed E-state index contributed by atoms with van der Waals surface area (Å²) in [6.45, 7) is 1.69. The maximum Gasteiger partial charge on any atom is 0.246 e. The second-order valence-corrected chi connectivity index (χ2v) is 5.89. The summed E-state index contributed by atoms with van der Waals surface area (Å²) in [5, 5.41) is 0. The SMILES string of the molecule is COc1cc(/C=C\C(=O)N2CCCCCCC2)cc(OC)c1OC. The van der Waals surface area contributed by atoms with Gasteiger partial charge >= 0.3 is 0 Å². The Hall–Kier alpha value is -2.17. The normalized spacial score (nSPS) is 15.7. The Bertz CT molecular complexity index is 550. The highest BCUT2D eigenvalue weighted by Gasteiger charge is 2.14. The van der Waals surface area contributed by atoms with Crippen molar-refractivity contribution in [2.24, 2.45) is 0 Å². The van der Waals surface area contributed by atoms with Crippen molar-refractivity contribution in [3.8, 4) is 17.2 Å². The van der Waals surface area contributed by atoms with Crippen molar-refractivity contribution in [3.05, 3.63) is 23.8 Å². The van der Waals surface area contributed by atoms with Crippen LogP contribution in [0.5, 0.6) is 17.2 Å². The van der Waals surface area contributed by atoms with Gasteiger partial charge in [-0.15, -0.1) is 0 Å². The molecule has 1 aliphatic rings. The molecule has 0 aromatic heterocycles. The van der Waals surface area contributed by atoms with Crippen LogP contribution in [0.25, 0.3) is 6.08 Å². The van der Waals surface area contributed by atoms with Crippen LogP contribution in [0.2, 0.25) is 0 Å². The van der Waals surface area contributed by atoms with Crippen LogP contribution < -0.4 is 14.2 Å². The molecule has 5 nitrogen and oxygen atoms in total. The van der Waals surface area contributed by atoms with Crippen LogP contribution in [-0.2, 0) is 4.79 Å². The maximum absolute atomic E-state index is 12.4. The highest BCUT2D eigenvalue weighted by Crippen LogP contribution is 2.38. The summed E-state index contributed by atoms with van der Waals surface area (Å²) in [4.78, 5) is 14.4. The lowest BCUT2D eigenvalue weighted by molar-refractivity contribution is -0.126. The molecule has 0 saturated carbocycles. The molecule has 0 radical (unpaired) electrons. The summed E-state index contributed by atoms with van der Waals surface area (Å²) >= 11 is 0. The summed E-state index contributed by atoms with van der Waals surface area (Å²) in [5.41, 5.74) is 0.838. The first-order valence-electron chi connectivity index (χ1n) is 8.46. The van der Waals surface area contributed by atoms with Gasteiger partial charge in [0, 0.05) is 19.2 Å². The van der Waals surface area contributed by atoms with Crippen LogP contribution in [0.15, 0.2) is 18.2 Å². The number of carbonyl (C=O) groups excluding carboxylic acids is 1. The molecule has 1 saturated heterocycles. The highest BCUT2D eigenvalue weighted by molar-refractivity contribution is 5.92. The lowest BCUT2D eigenvalue weighted by Gasteiger charge is -2.23. The molecule has 132 valence electrons. The van der Waals surface area contributed by atoms with E-state index in [1.165, 1.54) is 19.3 Å². The van der Waals surface area contributed by atoms with Crippen LogP contribution in [0.1, 0.15) is 37.7 Å². The van der Waals surface area contributed by atoms with Gasteiger partial charge in [-0.3, -0.25) is 4.79 Å². The van der Waals surface area contributed by atoms with E-state index in [0.717, 1.165) is 31.5 Å². The molecule has 1 amide bonds. The van der Waals surface area contributed by atoms with Crippen LogP contribution in [0, 0.1) is 0 Å². The average Bonchev–Trinajstić information content (AvgIpc) is 2.58. The van der Waals surface area contributed by atoms with Crippen LogP contribution in [-0.4, -0.2) is 45.2 Å². The Morgan fingerprint density at radius 3 is 1.96 bits per heavy atom. The zero-order valence-corrected chi connectivity index (χ0v) is 14.8. The number of nitrogens with zero attached hydrogens (tertiary/aromatic N) is 1. The van der Waals surface area contributed by atoms with E-state index in [4.69, 9.17) is 14.2 Å². The molecule has 0 aliphatic carbocycles. The lowest BCUT2D eigenvalue weighted by Crippen LogP contribution is -2.32. The summed E-state index contributed by atoms with van der Waals surface area (Å²) in [7, 11) is 4.73. The second-order valence-electron chi connectivity index (χ2n) is 5.89. The average molecular weight is 333 g/mol. The Morgan fingerprint density at radius 2 is 1.46 bits per heavy atom. The smallest absolute Gasteiger partial charge is 0.246 e. The van der Waals surface area contributed by atoms with Crippen molar-refractivity contribution >= 4 is 12.0 Å². The summed E-state index contributed by atoms with van der Waals surface area (Å²) in [6, 6.07) is 3.66. The Labute approximate surface area is 144 Å². The van der Waals surface area contributed by atoms with Crippen LogP contribution >= 0.6 is 0 Å². The maximum atomic E-state index is 12.4. The molecule has 1 fully saturated rings. The van der Waals surface area contributed by atoms with Gasteiger partial charge < -0.3 is 19.1 Å². The largest absolute Gasteiger partial charge is 0.493 e. The van der Waals surface area contributed by atoms with E-state index in [-0.39, 0.29) is 5.91 Å². The molecule has 0 N–H and O–H groups in total. The van der Waals surface area contributed by atoms with Gasteiger partial charge in [0.05, 0.1) is 21.3 Å². The molecule has 5 heteroatoms.